The molecule has 0 aliphatic carbocycles. The van der Waals surface area contributed by atoms with Crippen LogP contribution in [-0.2, 0) is 4.79 Å². The highest BCUT2D eigenvalue weighted by atomic mass is 79.9. The van der Waals surface area contributed by atoms with Gasteiger partial charge in [-0.25, -0.2) is 4.99 Å². The van der Waals surface area contributed by atoms with Gasteiger partial charge in [-0.3, -0.25) is 4.79 Å². The fourth-order valence-electron chi connectivity index (χ4n) is 2.21. The maximum Gasteiger partial charge on any atom is 0.284 e. The van der Waals surface area contributed by atoms with E-state index in [-0.39, 0.29) is 11.7 Å². The third kappa shape index (κ3) is 3.55. The zero-order valence-corrected chi connectivity index (χ0v) is 15.2. The van der Waals surface area contributed by atoms with Gasteiger partial charge in [0.2, 0.25) is 0 Å². The Kier molecular flexibility index (Phi) is 5.06. The Bertz CT molecular complexity index is 847. The molecule has 1 N–H and O–H groups in total. The van der Waals surface area contributed by atoms with Crippen LogP contribution in [0.2, 0.25) is 0 Å². The SMILES string of the molecule is CCOc1cc(/C=C2\SC(c3ccccc3)=NC2=O)cc(Br)c1O. The van der Waals surface area contributed by atoms with Gasteiger partial charge in [-0.05, 0) is 46.6 Å². The summed E-state index contributed by atoms with van der Waals surface area (Å²) in [7, 11) is 0. The number of phenols is 1. The first-order valence-electron chi connectivity index (χ1n) is 7.31. The first-order valence-corrected chi connectivity index (χ1v) is 8.92. The molecule has 0 unspecified atom stereocenters. The molecule has 3 rings (SSSR count). The number of carbonyl (C=O) groups excluding carboxylic acids is 1. The number of hydrogen-bond donors (Lipinski definition) is 1. The normalized spacial score (nSPS) is 15.7. The molecule has 0 radical (unpaired) electrons. The first kappa shape index (κ1) is 16.8. The number of aromatic hydroxyl groups is 1. The zero-order valence-electron chi connectivity index (χ0n) is 12.8. The zero-order chi connectivity index (χ0) is 17.1. The van der Waals surface area contributed by atoms with E-state index in [4.69, 9.17) is 4.74 Å². The molecule has 0 saturated heterocycles. The molecule has 0 bridgehead atoms. The molecule has 1 aliphatic heterocycles. The molecule has 0 saturated carbocycles. The Morgan fingerprint density at radius 2 is 2.04 bits per heavy atom. The molecule has 6 heteroatoms. The number of nitrogens with zero attached hydrogens (tertiary/aromatic N) is 1. The van der Waals surface area contributed by atoms with Crippen LogP contribution >= 0.6 is 27.7 Å². The van der Waals surface area contributed by atoms with Crippen LogP contribution in [0, 0.1) is 0 Å². The standard InChI is InChI=1S/C18H14BrNO3S/c1-2-23-14-9-11(8-13(19)16(14)21)10-15-17(22)20-18(24-15)12-6-4-3-5-7-12/h3-10,21H,2H2,1H3/b15-10-. The lowest BCUT2D eigenvalue weighted by atomic mass is 10.2. The lowest BCUT2D eigenvalue weighted by molar-refractivity contribution is -0.113. The van der Waals surface area contributed by atoms with Gasteiger partial charge in [-0.1, -0.05) is 42.1 Å². The van der Waals surface area contributed by atoms with E-state index in [1.165, 1.54) is 11.8 Å². The van der Waals surface area contributed by atoms with Crippen LogP contribution in [-0.4, -0.2) is 22.7 Å². The quantitative estimate of drug-likeness (QED) is 0.756. The Hall–Kier alpha value is -2.05. The molecule has 0 atom stereocenters. The predicted octanol–water partition coefficient (Wildman–Crippen LogP) is 4.61. The third-order valence-corrected chi connectivity index (χ3v) is 4.93. The Morgan fingerprint density at radius 3 is 2.75 bits per heavy atom. The number of aliphatic imine (C=N–C) groups is 1. The van der Waals surface area contributed by atoms with E-state index in [0.717, 1.165) is 11.1 Å². The van der Waals surface area contributed by atoms with Gasteiger partial charge in [-0.15, -0.1) is 0 Å². The molecular formula is C18H14BrNO3S. The Balaban J connectivity index is 1.89. The second-order valence-corrected chi connectivity index (χ2v) is 6.87. The van der Waals surface area contributed by atoms with Crippen molar-refractivity contribution < 1.29 is 14.6 Å². The predicted molar refractivity (Wildman–Crippen MR) is 101 cm³/mol. The number of carbonyl (C=O) groups is 1. The van der Waals surface area contributed by atoms with E-state index >= 15 is 0 Å². The average molecular weight is 404 g/mol. The molecule has 24 heavy (non-hydrogen) atoms. The van der Waals surface area contributed by atoms with E-state index in [2.05, 4.69) is 20.9 Å². The van der Waals surface area contributed by atoms with Crippen molar-refractivity contribution in [3.8, 4) is 11.5 Å². The fourth-order valence-corrected chi connectivity index (χ4v) is 3.59. The molecular weight excluding hydrogens is 390 g/mol. The first-order chi connectivity index (χ1) is 11.6. The second kappa shape index (κ2) is 7.23. The summed E-state index contributed by atoms with van der Waals surface area (Å²) >= 11 is 4.64. The molecule has 1 amide bonds. The van der Waals surface area contributed by atoms with Crippen molar-refractivity contribution in [3.63, 3.8) is 0 Å². The Labute approximate surface area is 152 Å². The van der Waals surface area contributed by atoms with Gasteiger partial charge in [0.25, 0.3) is 5.91 Å². The molecule has 1 heterocycles. The van der Waals surface area contributed by atoms with Crippen molar-refractivity contribution in [2.75, 3.05) is 6.61 Å². The van der Waals surface area contributed by atoms with Crippen LogP contribution < -0.4 is 4.74 Å². The fraction of sp³-hybridized carbons (Fsp3) is 0.111. The number of benzene rings is 2. The van der Waals surface area contributed by atoms with Gasteiger partial charge in [0.1, 0.15) is 5.04 Å². The van der Waals surface area contributed by atoms with Crippen molar-refractivity contribution in [2.24, 2.45) is 4.99 Å². The van der Waals surface area contributed by atoms with Crippen molar-refractivity contribution in [2.45, 2.75) is 6.92 Å². The summed E-state index contributed by atoms with van der Waals surface area (Å²) in [5, 5.41) is 10.7. The topological polar surface area (TPSA) is 58.9 Å². The number of hydrogen-bond acceptors (Lipinski definition) is 4. The maximum atomic E-state index is 12.2. The largest absolute Gasteiger partial charge is 0.503 e. The van der Waals surface area contributed by atoms with Crippen LogP contribution in [0.4, 0.5) is 0 Å². The van der Waals surface area contributed by atoms with Crippen LogP contribution in [0.5, 0.6) is 11.5 Å². The molecule has 2 aromatic carbocycles. The van der Waals surface area contributed by atoms with Gasteiger partial charge in [0.05, 0.1) is 16.0 Å². The minimum Gasteiger partial charge on any atom is -0.503 e. The summed E-state index contributed by atoms with van der Waals surface area (Å²) in [5.74, 6) is 0.157. The van der Waals surface area contributed by atoms with Crippen LogP contribution in [0.15, 0.2) is 56.8 Å². The molecule has 2 aromatic rings. The van der Waals surface area contributed by atoms with E-state index in [0.29, 0.717) is 26.8 Å². The van der Waals surface area contributed by atoms with Gasteiger partial charge < -0.3 is 9.84 Å². The molecule has 0 fully saturated rings. The Morgan fingerprint density at radius 1 is 1.29 bits per heavy atom. The number of ether oxygens (including phenoxy) is 1. The van der Waals surface area contributed by atoms with Gasteiger partial charge in [-0.2, -0.15) is 0 Å². The summed E-state index contributed by atoms with van der Waals surface area (Å²) in [5.41, 5.74) is 1.67. The maximum absolute atomic E-state index is 12.2. The summed E-state index contributed by atoms with van der Waals surface area (Å²) < 4.78 is 5.92. The van der Waals surface area contributed by atoms with Crippen LogP contribution in [0.1, 0.15) is 18.1 Å². The number of thioether (sulfide) groups is 1. The third-order valence-electron chi connectivity index (χ3n) is 3.29. The lowest BCUT2D eigenvalue weighted by Gasteiger charge is -2.08. The van der Waals surface area contributed by atoms with Crippen LogP contribution in [0.25, 0.3) is 6.08 Å². The van der Waals surface area contributed by atoms with E-state index in [1.54, 1.807) is 18.2 Å². The smallest absolute Gasteiger partial charge is 0.284 e. The molecule has 1 aliphatic rings. The summed E-state index contributed by atoms with van der Waals surface area (Å²) in [6.07, 6.45) is 1.75. The van der Waals surface area contributed by atoms with Crippen molar-refractivity contribution in [3.05, 3.63) is 63.0 Å². The molecule has 0 spiro atoms. The number of halogens is 1. The monoisotopic (exact) mass is 403 g/mol. The molecule has 4 nitrogen and oxygen atoms in total. The molecule has 122 valence electrons. The minimum absolute atomic E-state index is 0.0469. The van der Waals surface area contributed by atoms with Gasteiger partial charge in [0, 0.05) is 5.56 Å². The average Bonchev–Trinajstić information content (AvgIpc) is 2.94. The molecule has 0 aromatic heterocycles. The van der Waals surface area contributed by atoms with Crippen LogP contribution in [0.3, 0.4) is 0 Å². The van der Waals surface area contributed by atoms with Crippen molar-refractivity contribution in [1.82, 2.24) is 0 Å². The number of rotatable bonds is 4. The summed E-state index contributed by atoms with van der Waals surface area (Å²) in [6, 6.07) is 13.0. The highest BCUT2D eigenvalue weighted by Gasteiger charge is 2.23. The number of amides is 1. The minimum atomic E-state index is -0.263. The van der Waals surface area contributed by atoms with Crippen molar-refractivity contribution in [1.29, 1.82) is 0 Å². The highest BCUT2D eigenvalue weighted by Crippen LogP contribution is 2.38. The summed E-state index contributed by atoms with van der Waals surface area (Å²) in [4.78, 5) is 16.8. The van der Waals surface area contributed by atoms with Crippen molar-refractivity contribution >= 4 is 44.7 Å². The lowest BCUT2D eigenvalue weighted by Crippen LogP contribution is -1.93. The highest BCUT2D eigenvalue weighted by molar-refractivity contribution is 9.10. The van der Waals surface area contributed by atoms with Gasteiger partial charge >= 0.3 is 0 Å². The van der Waals surface area contributed by atoms with Gasteiger partial charge in [0.15, 0.2) is 11.5 Å². The van der Waals surface area contributed by atoms with E-state index < -0.39 is 0 Å². The second-order valence-electron chi connectivity index (χ2n) is 4.98. The number of phenolic OH excluding ortho intramolecular Hbond substituents is 1. The van der Waals surface area contributed by atoms with E-state index in [1.807, 2.05) is 37.3 Å². The summed E-state index contributed by atoms with van der Waals surface area (Å²) in [6.45, 7) is 2.28. The van der Waals surface area contributed by atoms with E-state index in [9.17, 15) is 9.90 Å².